The van der Waals surface area contributed by atoms with E-state index >= 15 is 0 Å². The number of hydrogen-bond acceptors (Lipinski definition) is 3. The molecule has 5 heteroatoms. The number of nitrogens with zero attached hydrogens (tertiary/aromatic N) is 1. The molecule has 1 aliphatic rings. The van der Waals surface area contributed by atoms with Crippen LogP contribution in [0.1, 0.15) is 13.8 Å². The maximum atomic E-state index is 11.9. The summed E-state index contributed by atoms with van der Waals surface area (Å²) in [4.78, 5) is 25.1. The molecule has 0 radical (unpaired) electrons. The predicted molar refractivity (Wildman–Crippen MR) is 70.6 cm³/mol. The minimum absolute atomic E-state index is 0.0652. The second kappa shape index (κ2) is 5.08. The van der Waals surface area contributed by atoms with E-state index in [-0.39, 0.29) is 30.9 Å². The molecule has 0 unspecified atom stereocenters. The van der Waals surface area contributed by atoms with Gasteiger partial charge in [0.05, 0.1) is 17.9 Å². The molecule has 0 aromatic heterocycles. The maximum absolute atomic E-state index is 11.9. The summed E-state index contributed by atoms with van der Waals surface area (Å²) in [5.41, 5.74) is 1.64. The molecule has 18 heavy (non-hydrogen) atoms. The van der Waals surface area contributed by atoms with Crippen molar-refractivity contribution in [3.8, 4) is 0 Å². The Hall–Kier alpha value is -2.04. The first kappa shape index (κ1) is 12.4. The van der Waals surface area contributed by atoms with E-state index < -0.39 is 0 Å². The average Bonchev–Trinajstić information content (AvgIpc) is 2.32. The molecule has 0 fully saturated rings. The fourth-order valence-corrected chi connectivity index (χ4v) is 1.94. The van der Waals surface area contributed by atoms with E-state index in [0.717, 1.165) is 11.4 Å². The second-order valence-corrected chi connectivity index (χ2v) is 4.57. The lowest BCUT2D eigenvalue weighted by Gasteiger charge is -2.29. The number of hydrogen-bond donors (Lipinski definition) is 2. The fraction of sp³-hybridized carbons (Fsp3) is 0.385. The zero-order valence-electron chi connectivity index (χ0n) is 10.6. The van der Waals surface area contributed by atoms with Crippen LogP contribution in [0.3, 0.4) is 0 Å². The molecule has 2 N–H and O–H groups in total. The maximum Gasteiger partial charge on any atom is 0.246 e. The first-order chi connectivity index (χ1) is 8.58. The van der Waals surface area contributed by atoms with Crippen LogP contribution in [0.15, 0.2) is 24.3 Å². The summed E-state index contributed by atoms with van der Waals surface area (Å²) < 4.78 is 0. The lowest BCUT2D eigenvalue weighted by atomic mass is 10.2. The van der Waals surface area contributed by atoms with Crippen molar-refractivity contribution in [1.82, 2.24) is 5.32 Å². The van der Waals surface area contributed by atoms with E-state index in [1.54, 1.807) is 0 Å². The van der Waals surface area contributed by atoms with Gasteiger partial charge in [-0.1, -0.05) is 12.1 Å². The Bertz CT molecular complexity index is 471. The number of para-hydroxylation sites is 2. The van der Waals surface area contributed by atoms with Gasteiger partial charge in [0, 0.05) is 6.04 Å². The van der Waals surface area contributed by atoms with Crippen LogP contribution in [-0.2, 0) is 9.59 Å². The Labute approximate surface area is 106 Å². The van der Waals surface area contributed by atoms with E-state index in [0.29, 0.717) is 0 Å². The predicted octanol–water partition coefficient (Wildman–Crippen LogP) is 0.970. The molecule has 2 rings (SSSR count). The second-order valence-electron chi connectivity index (χ2n) is 4.57. The van der Waals surface area contributed by atoms with Crippen molar-refractivity contribution in [1.29, 1.82) is 0 Å². The van der Waals surface area contributed by atoms with Crippen LogP contribution >= 0.6 is 0 Å². The number of anilines is 2. The monoisotopic (exact) mass is 247 g/mol. The van der Waals surface area contributed by atoms with Crippen LogP contribution in [0.2, 0.25) is 0 Å². The molecule has 1 aliphatic heterocycles. The molecular weight excluding hydrogens is 230 g/mol. The number of fused-ring (bicyclic) bond motifs is 1. The lowest BCUT2D eigenvalue weighted by Crippen LogP contribution is -2.46. The summed E-state index contributed by atoms with van der Waals surface area (Å²) in [7, 11) is 0. The Morgan fingerprint density at radius 2 is 2.17 bits per heavy atom. The SMILES string of the molecule is CC(C)NC(=O)CN1C(=O)CNc2ccccc21. The number of carbonyl (C=O) groups is 2. The third-order valence-electron chi connectivity index (χ3n) is 2.68. The highest BCUT2D eigenvalue weighted by Crippen LogP contribution is 2.28. The molecule has 0 bridgehead atoms. The Balaban J connectivity index is 2.17. The highest BCUT2D eigenvalue weighted by molar-refractivity contribution is 6.05. The van der Waals surface area contributed by atoms with Crippen LogP contribution in [0.5, 0.6) is 0 Å². The Morgan fingerprint density at radius 1 is 1.44 bits per heavy atom. The highest BCUT2D eigenvalue weighted by Gasteiger charge is 2.25. The van der Waals surface area contributed by atoms with Crippen molar-refractivity contribution in [2.45, 2.75) is 19.9 Å². The van der Waals surface area contributed by atoms with E-state index in [1.807, 2.05) is 38.1 Å². The molecule has 0 saturated heterocycles. The van der Waals surface area contributed by atoms with Gasteiger partial charge in [-0.05, 0) is 26.0 Å². The van der Waals surface area contributed by atoms with Crippen molar-refractivity contribution in [3.63, 3.8) is 0 Å². The molecule has 5 nitrogen and oxygen atoms in total. The van der Waals surface area contributed by atoms with E-state index in [1.165, 1.54) is 4.90 Å². The van der Waals surface area contributed by atoms with Crippen molar-refractivity contribution >= 4 is 23.2 Å². The summed E-state index contributed by atoms with van der Waals surface area (Å²) >= 11 is 0. The summed E-state index contributed by atoms with van der Waals surface area (Å²) in [5, 5.41) is 5.82. The fourth-order valence-electron chi connectivity index (χ4n) is 1.94. The summed E-state index contributed by atoms with van der Waals surface area (Å²) in [6.45, 7) is 4.08. The number of rotatable bonds is 3. The molecule has 1 heterocycles. The van der Waals surface area contributed by atoms with Gasteiger partial charge < -0.3 is 10.6 Å². The van der Waals surface area contributed by atoms with Gasteiger partial charge in [-0.2, -0.15) is 0 Å². The van der Waals surface area contributed by atoms with Crippen molar-refractivity contribution in [2.75, 3.05) is 23.3 Å². The molecule has 1 aromatic rings. The summed E-state index contributed by atoms with van der Waals surface area (Å²) in [6, 6.07) is 7.56. The van der Waals surface area contributed by atoms with Gasteiger partial charge in [-0.15, -0.1) is 0 Å². The third-order valence-corrected chi connectivity index (χ3v) is 2.68. The summed E-state index contributed by atoms with van der Waals surface area (Å²) in [5.74, 6) is -0.234. The highest BCUT2D eigenvalue weighted by atomic mass is 16.2. The third kappa shape index (κ3) is 2.61. The average molecular weight is 247 g/mol. The van der Waals surface area contributed by atoms with Crippen LogP contribution in [0.4, 0.5) is 11.4 Å². The minimum Gasteiger partial charge on any atom is -0.374 e. The molecule has 0 saturated carbocycles. The molecule has 1 aromatic carbocycles. The van der Waals surface area contributed by atoms with Crippen molar-refractivity contribution < 1.29 is 9.59 Å². The Kier molecular flexibility index (Phi) is 3.50. The van der Waals surface area contributed by atoms with E-state index in [9.17, 15) is 9.59 Å². The van der Waals surface area contributed by atoms with Gasteiger partial charge in [-0.25, -0.2) is 0 Å². The molecule has 0 atom stereocenters. The van der Waals surface area contributed by atoms with Crippen LogP contribution < -0.4 is 15.5 Å². The Morgan fingerprint density at radius 3 is 2.89 bits per heavy atom. The minimum atomic E-state index is -0.143. The molecule has 96 valence electrons. The normalized spacial score (nSPS) is 14.2. The molecule has 0 spiro atoms. The van der Waals surface area contributed by atoms with Gasteiger partial charge >= 0.3 is 0 Å². The number of carbonyl (C=O) groups excluding carboxylic acids is 2. The van der Waals surface area contributed by atoms with Crippen LogP contribution in [0.25, 0.3) is 0 Å². The van der Waals surface area contributed by atoms with Gasteiger partial charge in [0.1, 0.15) is 6.54 Å². The van der Waals surface area contributed by atoms with Gasteiger partial charge in [-0.3, -0.25) is 14.5 Å². The van der Waals surface area contributed by atoms with Crippen LogP contribution in [-0.4, -0.2) is 30.9 Å². The zero-order valence-corrected chi connectivity index (χ0v) is 10.6. The molecular formula is C13H17N3O2. The topological polar surface area (TPSA) is 61.4 Å². The molecule has 0 aliphatic carbocycles. The smallest absolute Gasteiger partial charge is 0.246 e. The van der Waals surface area contributed by atoms with Gasteiger partial charge in [0.15, 0.2) is 0 Å². The van der Waals surface area contributed by atoms with Crippen molar-refractivity contribution in [2.24, 2.45) is 0 Å². The lowest BCUT2D eigenvalue weighted by molar-refractivity contribution is -0.123. The number of nitrogens with one attached hydrogen (secondary N) is 2. The van der Waals surface area contributed by atoms with Crippen LogP contribution in [0, 0.1) is 0 Å². The van der Waals surface area contributed by atoms with E-state index in [2.05, 4.69) is 10.6 Å². The van der Waals surface area contributed by atoms with Gasteiger partial charge in [0.2, 0.25) is 11.8 Å². The molecule has 2 amide bonds. The van der Waals surface area contributed by atoms with Crippen molar-refractivity contribution in [3.05, 3.63) is 24.3 Å². The first-order valence-electron chi connectivity index (χ1n) is 6.00. The zero-order chi connectivity index (χ0) is 13.1. The standard InChI is InChI=1S/C13H17N3O2/c1-9(2)15-12(17)8-16-11-6-4-3-5-10(11)14-7-13(16)18/h3-6,9,14H,7-8H2,1-2H3,(H,15,17). The number of amides is 2. The first-order valence-corrected chi connectivity index (χ1v) is 6.00. The largest absolute Gasteiger partial charge is 0.374 e. The van der Waals surface area contributed by atoms with Gasteiger partial charge in [0.25, 0.3) is 0 Å². The van der Waals surface area contributed by atoms with E-state index in [4.69, 9.17) is 0 Å². The summed E-state index contributed by atoms with van der Waals surface area (Å²) in [6.07, 6.45) is 0. The quantitative estimate of drug-likeness (QED) is 0.836. The number of benzene rings is 1.